The third-order valence-corrected chi connectivity index (χ3v) is 4.09. The molecule has 0 unspecified atom stereocenters. The van der Waals surface area contributed by atoms with Gasteiger partial charge in [-0.05, 0) is 42.0 Å². The lowest BCUT2D eigenvalue weighted by atomic mass is 10.1. The zero-order valence-corrected chi connectivity index (χ0v) is 15.8. The minimum Gasteiger partial charge on any atom is -0.354 e. The highest BCUT2D eigenvalue weighted by molar-refractivity contribution is 6.31. The van der Waals surface area contributed by atoms with Crippen molar-refractivity contribution in [1.82, 2.24) is 5.32 Å². The van der Waals surface area contributed by atoms with E-state index >= 15 is 0 Å². The third kappa shape index (κ3) is 6.02. The monoisotopic (exact) mass is 426 g/mol. The lowest BCUT2D eigenvalue weighted by Gasteiger charge is -2.12. The van der Waals surface area contributed by atoms with E-state index in [0.717, 1.165) is 30.3 Å². The van der Waals surface area contributed by atoms with Crippen LogP contribution in [0.5, 0.6) is 0 Å². The molecule has 0 fully saturated rings. The number of hydrogen-bond donors (Lipinski definition) is 1. The Morgan fingerprint density at radius 3 is 2.38 bits per heavy atom. The number of aliphatic imine (C=N–C) groups is 1. The van der Waals surface area contributed by atoms with E-state index in [1.54, 1.807) is 0 Å². The highest BCUT2D eigenvalue weighted by atomic mass is 35.5. The van der Waals surface area contributed by atoms with Crippen LogP contribution in [0.25, 0.3) is 5.70 Å². The van der Waals surface area contributed by atoms with Crippen molar-refractivity contribution in [2.75, 3.05) is 0 Å². The molecule has 0 bridgehead atoms. The minimum atomic E-state index is -4.50. The van der Waals surface area contributed by atoms with E-state index < -0.39 is 23.4 Å². The molecule has 0 amide bonds. The number of halogens is 6. The molecule has 152 valence electrons. The Kier molecular flexibility index (Phi) is 7.34. The summed E-state index contributed by atoms with van der Waals surface area (Å²) in [6.45, 7) is 7.01. The fourth-order valence-electron chi connectivity index (χ4n) is 2.38. The van der Waals surface area contributed by atoms with Gasteiger partial charge >= 0.3 is 6.18 Å². The van der Waals surface area contributed by atoms with Gasteiger partial charge in [-0.3, -0.25) is 4.99 Å². The zero-order chi connectivity index (χ0) is 21.6. The average molecular weight is 427 g/mol. The van der Waals surface area contributed by atoms with E-state index in [2.05, 4.69) is 23.5 Å². The number of allylic oxidation sites excluding steroid dienone is 3. The van der Waals surface area contributed by atoms with Gasteiger partial charge in [-0.25, -0.2) is 8.78 Å². The van der Waals surface area contributed by atoms with Crippen LogP contribution in [-0.2, 0) is 12.7 Å². The number of nitrogens with zero attached hydrogens (tertiary/aromatic N) is 1. The number of nitrogens with one attached hydrogen (secondary N) is 1. The molecule has 0 aliphatic rings. The average Bonchev–Trinajstić information content (AvgIpc) is 2.62. The normalized spacial score (nSPS) is 12.3. The van der Waals surface area contributed by atoms with Crippen molar-refractivity contribution in [1.29, 1.82) is 0 Å². The molecule has 0 aromatic heterocycles. The van der Waals surface area contributed by atoms with Crippen LogP contribution in [0.2, 0.25) is 5.02 Å². The molecule has 0 aliphatic heterocycles. The fraction of sp³-hybridized carbons (Fsp3) is 0.0952. The van der Waals surface area contributed by atoms with Gasteiger partial charge in [0.05, 0.1) is 23.4 Å². The van der Waals surface area contributed by atoms with Gasteiger partial charge in [0.15, 0.2) is 0 Å². The van der Waals surface area contributed by atoms with E-state index in [0.29, 0.717) is 0 Å². The van der Waals surface area contributed by atoms with Crippen LogP contribution in [0.1, 0.15) is 16.7 Å². The van der Waals surface area contributed by atoms with Crippen LogP contribution in [0.3, 0.4) is 0 Å². The highest BCUT2D eigenvalue weighted by Gasteiger charge is 2.30. The summed E-state index contributed by atoms with van der Waals surface area (Å²) in [5.41, 5.74) is -0.782. The molecule has 2 aromatic rings. The summed E-state index contributed by atoms with van der Waals surface area (Å²) in [6.07, 6.45) is -0.361. The maximum Gasteiger partial charge on any atom is 0.416 e. The van der Waals surface area contributed by atoms with Gasteiger partial charge in [-0.1, -0.05) is 36.9 Å². The molecular weight excluding hydrogens is 411 g/mol. The van der Waals surface area contributed by atoms with Crippen molar-refractivity contribution in [3.63, 3.8) is 0 Å². The Hall–Kier alpha value is -2.93. The van der Waals surface area contributed by atoms with Crippen LogP contribution < -0.4 is 5.32 Å². The summed E-state index contributed by atoms with van der Waals surface area (Å²) in [6, 6.07) is 6.35. The van der Waals surface area contributed by atoms with Crippen molar-refractivity contribution in [3.8, 4) is 0 Å². The van der Waals surface area contributed by atoms with E-state index in [1.165, 1.54) is 24.4 Å². The van der Waals surface area contributed by atoms with Gasteiger partial charge in [0.25, 0.3) is 0 Å². The van der Waals surface area contributed by atoms with Crippen LogP contribution >= 0.6 is 11.6 Å². The molecule has 8 heteroatoms. The van der Waals surface area contributed by atoms with Gasteiger partial charge in [0.2, 0.25) is 0 Å². The fourth-order valence-corrected chi connectivity index (χ4v) is 2.56. The summed E-state index contributed by atoms with van der Waals surface area (Å²) >= 11 is 5.94. The summed E-state index contributed by atoms with van der Waals surface area (Å²) in [7, 11) is 0. The number of hydrogen-bond acceptors (Lipinski definition) is 2. The number of alkyl halides is 3. The van der Waals surface area contributed by atoms with Gasteiger partial charge in [-0.2, -0.15) is 13.2 Å². The Labute approximate surface area is 169 Å². The van der Waals surface area contributed by atoms with Crippen molar-refractivity contribution in [2.45, 2.75) is 12.7 Å². The van der Waals surface area contributed by atoms with Gasteiger partial charge in [0, 0.05) is 16.9 Å². The molecule has 2 aromatic carbocycles. The lowest BCUT2D eigenvalue weighted by Crippen LogP contribution is -2.14. The molecule has 0 saturated heterocycles. The van der Waals surface area contributed by atoms with Gasteiger partial charge in [0.1, 0.15) is 11.6 Å². The largest absolute Gasteiger partial charge is 0.416 e. The Morgan fingerprint density at radius 2 is 1.79 bits per heavy atom. The van der Waals surface area contributed by atoms with E-state index in [9.17, 15) is 22.0 Å². The number of benzene rings is 2. The molecule has 2 nitrogen and oxygen atoms in total. The second-order valence-electron chi connectivity index (χ2n) is 5.83. The summed E-state index contributed by atoms with van der Waals surface area (Å²) in [5, 5.41) is 2.84. The molecular formula is C21H16ClF5N2. The van der Waals surface area contributed by atoms with Crippen LogP contribution in [0, 0.1) is 11.6 Å². The van der Waals surface area contributed by atoms with E-state index in [-0.39, 0.29) is 34.1 Å². The quantitative estimate of drug-likeness (QED) is 0.303. The SMILES string of the molecule is C=C/C=C(\C=NCc1cc(C(F)(F)F)ccc1Cl)NC(=C)c1c(F)cccc1F. The second kappa shape index (κ2) is 9.52. The van der Waals surface area contributed by atoms with Crippen molar-refractivity contribution in [3.05, 3.63) is 101 Å². The molecule has 0 heterocycles. The van der Waals surface area contributed by atoms with Crippen molar-refractivity contribution in [2.24, 2.45) is 4.99 Å². The summed E-state index contributed by atoms with van der Waals surface area (Å²) in [5.74, 6) is -1.60. The molecule has 2 rings (SSSR count). The first kappa shape index (κ1) is 22.4. The van der Waals surface area contributed by atoms with Crippen LogP contribution in [-0.4, -0.2) is 6.21 Å². The Balaban J connectivity index is 2.18. The predicted octanol–water partition coefficient (Wildman–Crippen LogP) is 6.54. The molecule has 0 atom stereocenters. The summed E-state index contributed by atoms with van der Waals surface area (Å²) < 4.78 is 66.2. The first-order chi connectivity index (χ1) is 13.6. The molecule has 0 spiro atoms. The topological polar surface area (TPSA) is 24.4 Å². The Morgan fingerprint density at radius 1 is 1.14 bits per heavy atom. The predicted molar refractivity (Wildman–Crippen MR) is 105 cm³/mol. The van der Waals surface area contributed by atoms with Crippen LogP contribution in [0.4, 0.5) is 22.0 Å². The van der Waals surface area contributed by atoms with Gasteiger partial charge < -0.3 is 5.32 Å². The smallest absolute Gasteiger partial charge is 0.354 e. The highest BCUT2D eigenvalue weighted by Crippen LogP contribution is 2.32. The van der Waals surface area contributed by atoms with E-state index in [4.69, 9.17) is 11.6 Å². The first-order valence-electron chi connectivity index (χ1n) is 8.22. The van der Waals surface area contributed by atoms with Crippen molar-refractivity contribution >= 4 is 23.5 Å². The van der Waals surface area contributed by atoms with Crippen LogP contribution in [0.15, 0.2) is 72.4 Å². The zero-order valence-electron chi connectivity index (χ0n) is 15.0. The van der Waals surface area contributed by atoms with Crippen molar-refractivity contribution < 1.29 is 22.0 Å². The van der Waals surface area contributed by atoms with Gasteiger partial charge in [-0.15, -0.1) is 0 Å². The molecule has 29 heavy (non-hydrogen) atoms. The Bertz CT molecular complexity index is 957. The molecule has 0 aliphatic carbocycles. The minimum absolute atomic E-state index is 0.0581. The third-order valence-electron chi connectivity index (χ3n) is 3.72. The maximum absolute atomic E-state index is 13.9. The lowest BCUT2D eigenvalue weighted by molar-refractivity contribution is -0.137. The molecule has 1 N–H and O–H groups in total. The first-order valence-corrected chi connectivity index (χ1v) is 8.59. The molecule has 0 saturated carbocycles. The standard InChI is InChI=1S/C21H16ClF5N2/c1-3-5-16(29-13(2)20-18(23)6-4-7-19(20)24)12-28-11-14-10-15(21(25,26)27)8-9-17(14)22/h3-10,12,29H,1-2,11H2/b16-5+,28-12?. The second-order valence-corrected chi connectivity index (χ2v) is 6.24. The maximum atomic E-state index is 13.9. The molecule has 0 radical (unpaired) electrons. The van der Waals surface area contributed by atoms with E-state index in [1.807, 2.05) is 0 Å². The number of rotatable bonds is 7. The summed E-state index contributed by atoms with van der Waals surface area (Å²) in [4.78, 5) is 4.05.